The fourth-order valence-corrected chi connectivity index (χ4v) is 3.11. The first-order chi connectivity index (χ1) is 12.1. The zero-order valence-electron chi connectivity index (χ0n) is 14.1. The summed E-state index contributed by atoms with van der Waals surface area (Å²) in [4.78, 5) is 35.8. The van der Waals surface area contributed by atoms with E-state index < -0.39 is 11.8 Å². The summed E-state index contributed by atoms with van der Waals surface area (Å²) >= 11 is 0. The van der Waals surface area contributed by atoms with Gasteiger partial charge < -0.3 is 15.2 Å². The molecule has 1 aliphatic rings. The van der Waals surface area contributed by atoms with Crippen LogP contribution in [0.25, 0.3) is 0 Å². The van der Waals surface area contributed by atoms with Gasteiger partial charge in [0.05, 0.1) is 5.69 Å². The molecule has 2 aromatic rings. The molecule has 2 amide bonds. The monoisotopic (exact) mass is 339 g/mol. The molecule has 1 heterocycles. The number of aromatic nitrogens is 1. The smallest absolute Gasteiger partial charge is 0.313 e. The number of fused-ring (bicyclic) bond motifs is 1. The van der Waals surface area contributed by atoms with Crippen molar-refractivity contribution >= 4 is 17.5 Å². The average molecular weight is 339 g/mol. The zero-order chi connectivity index (χ0) is 17.8. The number of hydrogen-bond donors (Lipinski definition) is 2. The van der Waals surface area contributed by atoms with E-state index in [0.29, 0.717) is 12.2 Å². The molecule has 6 heteroatoms. The lowest BCUT2D eigenvalue weighted by Crippen LogP contribution is -2.44. The van der Waals surface area contributed by atoms with Gasteiger partial charge in [0.2, 0.25) is 0 Å². The number of hydrogen-bond acceptors (Lipinski definition) is 3. The summed E-state index contributed by atoms with van der Waals surface area (Å²) in [6.45, 7) is 2.33. The fraction of sp³-hybridized carbons (Fsp3) is 0.316. The van der Waals surface area contributed by atoms with Gasteiger partial charge in [-0.3, -0.25) is 14.4 Å². The van der Waals surface area contributed by atoms with Gasteiger partial charge in [-0.25, -0.2) is 0 Å². The molecule has 0 aliphatic heterocycles. The maximum atomic E-state index is 12.2. The highest BCUT2D eigenvalue weighted by Crippen LogP contribution is 2.20. The van der Waals surface area contributed by atoms with Crippen molar-refractivity contribution in [2.75, 3.05) is 5.32 Å². The summed E-state index contributed by atoms with van der Waals surface area (Å²) < 4.78 is 1.46. The predicted molar refractivity (Wildman–Crippen MR) is 95.4 cm³/mol. The van der Waals surface area contributed by atoms with Crippen LogP contribution in [0.1, 0.15) is 24.5 Å². The molecule has 130 valence electrons. The highest BCUT2D eigenvalue weighted by atomic mass is 16.2. The Morgan fingerprint density at radius 2 is 1.88 bits per heavy atom. The number of aryl methyl sites for hydroxylation is 2. The number of nitrogens with one attached hydrogen (secondary N) is 2. The summed E-state index contributed by atoms with van der Waals surface area (Å²) in [5, 5.41) is 5.34. The Hall–Kier alpha value is -2.89. The normalized spacial score (nSPS) is 16.0. The van der Waals surface area contributed by atoms with Crippen LogP contribution < -0.4 is 16.2 Å². The van der Waals surface area contributed by atoms with Gasteiger partial charge in [-0.15, -0.1) is 0 Å². The highest BCUT2D eigenvalue weighted by molar-refractivity contribution is 6.39. The van der Waals surface area contributed by atoms with Crippen LogP contribution in [0.2, 0.25) is 0 Å². The summed E-state index contributed by atoms with van der Waals surface area (Å²) in [6, 6.07) is 11.0. The number of carbonyl (C=O) groups is 2. The molecule has 1 atom stereocenters. The zero-order valence-corrected chi connectivity index (χ0v) is 14.1. The van der Waals surface area contributed by atoms with Crippen LogP contribution in [-0.2, 0) is 29.0 Å². The van der Waals surface area contributed by atoms with Crippen molar-refractivity contribution in [2.45, 2.75) is 38.8 Å². The third-order valence-electron chi connectivity index (χ3n) is 4.47. The standard InChI is InChI=1S/C19H21N3O3/c1-2-22-12-16(9-10-17(22)23)21-19(25)18(24)20-15-8-7-13-5-3-4-6-14(13)11-15/h3-6,9-10,12,15H,2,7-8,11H2,1H3,(H,20,24)(H,21,25)/t15-/m1/s1. The first-order valence-corrected chi connectivity index (χ1v) is 8.46. The van der Waals surface area contributed by atoms with Gasteiger partial charge in [0.1, 0.15) is 0 Å². The van der Waals surface area contributed by atoms with Gasteiger partial charge in [-0.05, 0) is 43.4 Å². The maximum Gasteiger partial charge on any atom is 0.313 e. The van der Waals surface area contributed by atoms with E-state index in [1.165, 1.54) is 34.0 Å². The predicted octanol–water partition coefficient (Wildman–Crippen LogP) is 1.48. The number of rotatable bonds is 3. The Labute approximate surface area is 145 Å². The van der Waals surface area contributed by atoms with E-state index in [2.05, 4.69) is 22.8 Å². The fourth-order valence-electron chi connectivity index (χ4n) is 3.11. The minimum atomic E-state index is -0.722. The van der Waals surface area contributed by atoms with Crippen LogP contribution in [-0.4, -0.2) is 22.4 Å². The quantitative estimate of drug-likeness (QED) is 0.831. The van der Waals surface area contributed by atoms with Crippen molar-refractivity contribution in [1.82, 2.24) is 9.88 Å². The lowest BCUT2D eigenvalue weighted by molar-refractivity contribution is -0.136. The SMILES string of the molecule is CCn1cc(NC(=O)C(=O)N[C@@H]2CCc3ccccc3C2)ccc1=O. The molecule has 25 heavy (non-hydrogen) atoms. The molecule has 0 spiro atoms. The van der Waals surface area contributed by atoms with Gasteiger partial charge in [0, 0.05) is 24.8 Å². The van der Waals surface area contributed by atoms with Crippen molar-refractivity contribution in [1.29, 1.82) is 0 Å². The molecule has 2 N–H and O–H groups in total. The Morgan fingerprint density at radius 3 is 2.64 bits per heavy atom. The largest absolute Gasteiger partial charge is 0.345 e. The molecule has 1 aromatic heterocycles. The van der Waals surface area contributed by atoms with Crippen LogP contribution in [0.15, 0.2) is 47.4 Å². The van der Waals surface area contributed by atoms with Crippen molar-refractivity contribution in [2.24, 2.45) is 0 Å². The number of amides is 2. The summed E-state index contributed by atoms with van der Waals surface area (Å²) in [5.74, 6) is -1.38. The molecule has 1 aromatic carbocycles. The second-order valence-electron chi connectivity index (χ2n) is 6.18. The van der Waals surface area contributed by atoms with Gasteiger partial charge in [-0.2, -0.15) is 0 Å². The van der Waals surface area contributed by atoms with Crippen molar-refractivity contribution < 1.29 is 9.59 Å². The van der Waals surface area contributed by atoms with E-state index in [-0.39, 0.29) is 11.6 Å². The van der Waals surface area contributed by atoms with Gasteiger partial charge in [0.15, 0.2) is 0 Å². The summed E-state index contributed by atoms with van der Waals surface area (Å²) in [7, 11) is 0. The Bertz CT molecular complexity index is 857. The molecule has 0 saturated carbocycles. The molecule has 0 unspecified atom stereocenters. The molecule has 1 aliphatic carbocycles. The molecule has 0 radical (unpaired) electrons. The molecule has 0 fully saturated rings. The second-order valence-corrected chi connectivity index (χ2v) is 6.18. The van der Waals surface area contributed by atoms with E-state index in [1.807, 2.05) is 19.1 Å². The third-order valence-corrected chi connectivity index (χ3v) is 4.47. The van der Waals surface area contributed by atoms with E-state index in [1.54, 1.807) is 0 Å². The van der Waals surface area contributed by atoms with E-state index in [0.717, 1.165) is 19.3 Å². The molecule has 0 bridgehead atoms. The third kappa shape index (κ3) is 3.96. The van der Waals surface area contributed by atoms with Crippen LogP contribution in [0.5, 0.6) is 0 Å². The van der Waals surface area contributed by atoms with E-state index in [9.17, 15) is 14.4 Å². The Kier molecular flexibility index (Phi) is 4.97. The van der Waals surface area contributed by atoms with Crippen LogP contribution in [0.4, 0.5) is 5.69 Å². The number of nitrogens with zero attached hydrogens (tertiary/aromatic N) is 1. The van der Waals surface area contributed by atoms with Crippen LogP contribution in [0, 0.1) is 0 Å². The second kappa shape index (κ2) is 7.34. The molecule has 6 nitrogen and oxygen atoms in total. The van der Waals surface area contributed by atoms with Crippen molar-refractivity contribution in [3.63, 3.8) is 0 Å². The lowest BCUT2D eigenvalue weighted by Gasteiger charge is -2.25. The van der Waals surface area contributed by atoms with Gasteiger partial charge in [-0.1, -0.05) is 24.3 Å². The van der Waals surface area contributed by atoms with Crippen LogP contribution in [0.3, 0.4) is 0 Å². The maximum absolute atomic E-state index is 12.2. The summed E-state index contributed by atoms with van der Waals surface area (Å²) in [5.41, 5.74) is 2.80. The number of benzene rings is 1. The molecule has 3 rings (SSSR count). The molecule has 0 saturated heterocycles. The van der Waals surface area contributed by atoms with E-state index in [4.69, 9.17) is 0 Å². The topological polar surface area (TPSA) is 80.2 Å². The first-order valence-electron chi connectivity index (χ1n) is 8.46. The van der Waals surface area contributed by atoms with Crippen molar-refractivity contribution in [3.05, 3.63) is 64.1 Å². The lowest BCUT2D eigenvalue weighted by atomic mass is 9.88. The van der Waals surface area contributed by atoms with E-state index >= 15 is 0 Å². The Morgan fingerprint density at radius 1 is 1.12 bits per heavy atom. The number of pyridine rings is 1. The average Bonchev–Trinajstić information content (AvgIpc) is 2.63. The van der Waals surface area contributed by atoms with Crippen molar-refractivity contribution in [3.8, 4) is 0 Å². The van der Waals surface area contributed by atoms with Gasteiger partial charge >= 0.3 is 11.8 Å². The highest BCUT2D eigenvalue weighted by Gasteiger charge is 2.23. The summed E-state index contributed by atoms with van der Waals surface area (Å²) in [6.07, 6.45) is 3.97. The van der Waals surface area contributed by atoms with Crippen LogP contribution >= 0.6 is 0 Å². The first kappa shape index (κ1) is 17.0. The minimum absolute atomic E-state index is 0.0438. The number of anilines is 1. The molecular formula is C19H21N3O3. The number of carbonyl (C=O) groups excluding carboxylic acids is 2. The Balaban J connectivity index is 1.60. The minimum Gasteiger partial charge on any atom is -0.345 e. The van der Waals surface area contributed by atoms with Gasteiger partial charge in [0.25, 0.3) is 5.56 Å². The molecular weight excluding hydrogens is 318 g/mol.